The van der Waals surface area contributed by atoms with Gasteiger partial charge in [-0.1, -0.05) is 23.8 Å². The monoisotopic (exact) mass is 335 g/mol. The molecule has 0 saturated heterocycles. The van der Waals surface area contributed by atoms with Crippen molar-refractivity contribution >= 4 is 23.0 Å². The third-order valence-electron chi connectivity index (χ3n) is 3.90. The maximum absolute atomic E-state index is 12.0. The molecule has 0 aliphatic heterocycles. The van der Waals surface area contributed by atoms with E-state index in [2.05, 4.69) is 15.3 Å². The summed E-state index contributed by atoms with van der Waals surface area (Å²) in [6.07, 6.45) is 3.94. The molecule has 1 heterocycles. The van der Waals surface area contributed by atoms with E-state index in [1.54, 1.807) is 13.2 Å². The fourth-order valence-corrected chi connectivity index (χ4v) is 2.64. The number of nitrogens with one attached hydrogen (secondary N) is 2. The lowest BCUT2D eigenvalue weighted by Crippen LogP contribution is -2.23. The maximum atomic E-state index is 12.0. The summed E-state index contributed by atoms with van der Waals surface area (Å²) in [4.78, 5) is 19.7. The van der Waals surface area contributed by atoms with Crippen molar-refractivity contribution in [3.63, 3.8) is 0 Å². The number of aromatic nitrogens is 2. The number of amides is 1. The second-order valence-electron chi connectivity index (χ2n) is 5.82. The summed E-state index contributed by atoms with van der Waals surface area (Å²) in [6, 6.07) is 13.7. The number of nitrogens with zero attached hydrogens (tertiary/aromatic N) is 1. The van der Waals surface area contributed by atoms with Crippen LogP contribution >= 0.6 is 0 Å². The van der Waals surface area contributed by atoms with Gasteiger partial charge in [-0.2, -0.15) is 0 Å². The van der Waals surface area contributed by atoms with Crippen LogP contribution in [0, 0.1) is 6.92 Å². The number of methoxy groups -OCH3 is 1. The van der Waals surface area contributed by atoms with E-state index >= 15 is 0 Å². The average Bonchev–Trinajstić information content (AvgIpc) is 3.03. The van der Waals surface area contributed by atoms with Gasteiger partial charge in [0.05, 0.1) is 18.1 Å². The molecule has 1 aromatic heterocycles. The Labute approximate surface area is 146 Å². The van der Waals surface area contributed by atoms with Crippen molar-refractivity contribution in [2.75, 3.05) is 13.7 Å². The molecule has 0 fully saturated rings. The number of aryl methyl sites for hydroxylation is 1. The highest BCUT2D eigenvalue weighted by molar-refractivity contribution is 5.92. The minimum absolute atomic E-state index is 0.139. The van der Waals surface area contributed by atoms with Crippen molar-refractivity contribution in [2.24, 2.45) is 0 Å². The van der Waals surface area contributed by atoms with Gasteiger partial charge in [0.25, 0.3) is 0 Å². The van der Waals surface area contributed by atoms with Crippen LogP contribution in [0.5, 0.6) is 5.75 Å². The normalized spacial score (nSPS) is 11.1. The van der Waals surface area contributed by atoms with Crippen LogP contribution in [0.4, 0.5) is 0 Å². The Morgan fingerprint density at radius 3 is 2.92 bits per heavy atom. The van der Waals surface area contributed by atoms with Gasteiger partial charge < -0.3 is 15.0 Å². The summed E-state index contributed by atoms with van der Waals surface area (Å²) in [5, 5.41) is 2.87. The summed E-state index contributed by atoms with van der Waals surface area (Å²) >= 11 is 0. The molecule has 128 valence electrons. The van der Waals surface area contributed by atoms with Crippen LogP contribution in [0.25, 0.3) is 17.1 Å². The molecule has 0 bridgehead atoms. The van der Waals surface area contributed by atoms with Crippen molar-refractivity contribution in [2.45, 2.75) is 13.3 Å². The summed E-state index contributed by atoms with van der Waals surface area (Å²) in [7, 11) is 1.62. The molecule has 3 rings (SSSR count). The van der Waals surface area contributed by atoms with Gasteiger partial charge in [0.2, 0.25) is 5.91 Å². The lowest BCUT2D eigenvalue weighted by molar-refractivity contribution is -0.116. The third-order valence-corrected chi connectivity index (χ3v) is 3.90. The number of fused-ring (bicyclic) bond motifs is 1. The molecule has 0 unspecified atom stereocenters. The summed E-state index contributed by atoms with van der Waals surface area (Å²) in [5.74, 6) is 1.47. The predicted octanol–water partition coefficient (Wildman–Crippen LogP) is 3.25. The highest BCUT2D eigenvalue weighted by atomic mass is 16.5. The van der Waals surface area contributed by atoms with E-state index in [1.807, 2.05) is 49.4 Å². The van der Waals surface area contributed by atoms with E-state index in [-0.39, 0.29) is 5.91 Å². The molecule has 1 amide bonds. The van der Waals surface area contributed by atoms with Crippen LogP contribution in [0.1, 0.15) is 17.0 Å². The Hall–Kier alpha value is -3.08. The van der Waals surface area contributed by atoms with Crippen LogP contribution in [-0.4, -0.2) is 29.5 Å². The van der Waals surface area contributed by atoms with E-state index in [4.69, 9.17) is 4.74 Å². The summed E-state index contributed by atoms with van der Waals surface area (Å²) in [6.45, 7) is 2.53. The van der Waals surface area contributed by atoms with Crippen molar-refractivity contribution in [1.29, 1.82) is 0 Å². The van der Waals surface area contributed by atoms with Crippen LogP contribution in [0.3, 0.4) is 0 Å². The number of carbonyl (C=O) groups excluding carboxylic acids is 1. The van der Waals surface area contributed by atoms with Crippen molar-refractivity contribution in [3.8, 4) is 5.75 Å². The zero-order valence-corrected chi connectivity index (χ0v) is 14.4. The summed E-state index contributed by atoms with van der Waals surface area (Å²) in [5.41, 5.74) is 3.95. The van der Waals surface area contributed by atoms with Crippen molar-refractivity contribution in [1.82, 2.24) is 15.3 Å². The number of H-pyrrole nitrogens is 1. The minimum atomic E-state index is -0.139. The van der Waals surface area contributed by atoms with Crippen molar-refractivity contribution < 1.29 is 9.53 Å². The minimum Gasteiger partial charge on any atom is -0.496 e. The van der Waals surface area contributed by atoms with Gasteiger partial charge in [-0.15, -0.1) is 0 Å². The first kappa shape index (κ1) is 16.8. The Bertz CT molecular complexity index is 879. The Kier molecular flexibility index (Phi) is 5.14. The molecule has 25 heavy (non-hydrogen) atoms. The molecule has 0 aliphatic carbocycles. The molecule has 0 aliphatic rings. The van der Waals surface area contributed by atoms with E-state index in [9.17, 15) is 4.79 Å². The van der Waals surface area contributed by atoms with Gasteiger partial charge in [0, 0.05) is 24.6 Å². The first-order chi connectivity index (χ1) is 12.2. The van der Waals surface area contributed by atoms with E-state index in [1.165, 1.54) is 6.08 Å². The number of ether oxygens (including phenoxy) is 1. The van der Waals surface area contributed by atoms with Crippen LogP contribution in [0.2, 0.25) is 0 Å². The van der Waals surface area contributed by atoms with Crippen LogP contribution in [-0.2, 0) is 11.2 Å². The number of para-hydroxylation sites is 2. The molecule has 3 aromatic rings. The zero-order valence-electron chi connectivity index (χ0n) is 14.4. The number of rotatable bonds is 6. The molecule has 5 nitrogen and oxygen atoms in total. The van der Waals surface area contributed by atoms with E-state index < -0.39 is 0 Å². The number of carbonyl (C=O) groups is 1. The van der Waals surface area contributed by atoms with E-state index in [0.29, 0.717) is 13.0 Å². The Balaban J connectivity index is 1.55. The highest BCUT2D eigenvalue weighted by Gasteiger charge is 2.03. The van der Waals surface area contributed by atoms with Gasteiger partial charge in [0.15, 0.2) is 0 Å². The molecule has 2 aromatic carbocycles. The third kappa shape index (κ3) is 4.26. The lowest BCUT2D eigenvalue weighted by atomic mass is 10.1. The van der Waals surface area contributed by atoms with Crippen LogP contribution < -0.4 is 10.1 Å². The molecular weight excluding hydrogens is 314 g/mol. The molecular formula is C20H21N3O2. The molecule has 2 N–H and O–H groups in total. The smallest absolute Gasteiger partial charge is 0.244 e. The first-order valence-corrected chi connectivity index (χ1v) is 8.20. The number of imidazole rings is 1. The zero-order chi connectivity index (χ0) is 17.6. The number of hydrogen-bond donors (Lipinski definition) is 2. The van der Waals surface area contributed by atoms with Crippen LogP contribution in [0.15, 0.2) is 48.5 Å². The first-order valence-electron chi connectivity index (χ1n) is 8.20. The SMILES string of the molecule is COc1ccc(C)cc1/C=C/C(=O)NCCc1nc2ccccc2[nH]1. The second kappa shape index (κ2) is 7.66. The Morgan fingerprint density at radius 2 is 2.12 bits per heavy atom. The second-order valence-corrected chi connectivity index (χ2v) is 5.82. The van der Waals surface area contributed by atoms with Gasteiger partial charge in [-0.3, -0.25) is 4.79 Å². The van der Waals surface area contributed by atoms with E-state index in [0.717, 1.165) is 33.7 Å². The average molecular weight is 335 g/mol. The topological polar surface area (TPSA) is 67.0 Å². The standard InChI is InChI=1S/C20H21N3O2/c1-14-7-9-18(25-2)15(13-14)8-10-20(24)21-12-11-19-22-16-5-3-4-6-17(16)23-19/h3-10,13H,11-12H2,1-2H3,(H,21,24)(H,22,23)/b10-8+. The molecule has 5 heteroatoms. The lowest BCUT2D eigenvalue weighted by Gasteiger charge is -2.05. The van der Waals surface area contributed by atoms with Gasteiger partial charge in [-0.05, 0) is 37.3 Å². The molecule has 0 atom stereocenters. The number of hydrogen-bond acceptors (Lipinski definition) is 3. The molecule has 0 spiro atoms. The highest BCUT2D eigenvalue weighted by Crippen LogP contribution is 2.20. The quantitative estimate of drug-likeness (QED) is 0.680. The van der Waals surface area contributed by atoms with Gasteiger partial charge in [0.1, 0.15) is 11.6 Å². The fourth-order valence-electron chi connectivity index (χ4n) is 2.64. The van der Waals surface area contributed by atoms with Crippen molar-refractivity contribution in [3.05, 3.63) is 65.5 Å². The largest absolute Gasteiger partial charge is 0.496 e. The number of benzene rings is 2. The molecule has 0 saturated carbocycles. The van der Waals surface area contributed by atoms with Gasteiger partial charge in [-0.25, -0.2) is 4.98 Å². The summed E-state index contributed by atoms with van der Waals surface area (Å²) < 4.78 is 5.31. The maximum Gasteiger partial charge on any atom is 0.244 e. The predicted molar refractivity (Wildman–Crippen MR) is 99.6 cm³/mol. The number of aromatic amines is 1. The molecule has 0 radical (unpaired) electrons. The Morgan fingerprint density at radius 1 is 1.28 bits per heavy atom. The van der Waals surface area contributed by atoms with Gasteiger partial charge >= 0.3 is 0 Å². The fraction of sp³-hybridized carbons (Fsp3) is 0.200.